The number of benzene rings is 2. The zero-order valence-corrected chi connectivity index (χ0v) is 19.4. The molecule has 0 bridgehead atoms. The van der Waals surface area contributed by atoms with E-state index in [1.807, 2.05) is 6.92 Å². The highest BCUT2D eigenvalue weighted by Gasteiger charge is 2.22. The zero-order chi connectivity index (χ0) is 23.6. The summed E-state index contributed by atoms with van der Waals surface area (Å²) in [6.45, 7) is 1.48. The molecule has 1 unspecified atom stereocenters. The molecule has 1 aromatic heterocycles. The number of carboxylic acids is 1. The second kappa shape index (κ2) is 9.81. The minimum absolute atomic E-state index is 0.263. The third-order valence-electron chi connectivity index (χ3n) is 5.58. The smallest absolute Gasteiger partial charge is 0.310 e. The molecule has 0 saturated carbocycles. The van der Waals surface area contributed by atoms with Gasteiger partial charge in [-0.2, -0.15) is 0 Å². The Morgan fingerprint density at radius 3 is 2.28 bits per heavy atom. The average molecular weight is 479 g/mol. The van der Waals surface area contributed by atoms with Gasteiger partial charge < -0.3 is 24.8 Å². The van der Waals surface area contributed by atoms with Crippen LogP contribution in [-0.4, -0.2) is 40.4 Å². The van der Waals surface area contributed by atoms with Crippen LogP contribution in [0.3, 0.4) is 0 Å². The molecular weight excluding hydrogens is 455 g/mol. The highest BCUT2D eigenvalue weighted by molar-refractivity contribution is 6.46. The van der Waals surface area contributed by atoms with E-state index in [0.29, 0.717) is 39.9 Å². The number of nitrogens with one attached hydrogen (secondary N) is 1. The van der Waals surface area contributed by atoms with Crippen LogP contribution >= 0.6 is 23.2 Å². The molecule has 3 N–H and O–H groups in total. The molecule has 0 fully saturated rings. The number of nitrogens with zero attached hydrogens (tertiary/aromatic N) is 1. The highest BCUT2D eigenvalue weighted by atomic mass is 35.5. The number of amides is 1. The average Bonchev–Trinajstić information content (AvgIpc) is 3.11. The number of ether oxygens (including phenoxy) is 1. The lowest BCUT2D eigenvalue weighted by Gasteiger charge is -2.18. The van der Waals surface area contributed by atoms with Gasteiger partial charge in [0.2, 0.25) is 0 Å². The van der Waals surface area contributed by atoms with E-state index < -0.39 is 23.8 Å². The minimum Gasteiger partial charge on any atom is -0.495 e. The maximum atomic E-state index is 13.0. The van der Waals surface area contributed by atoms with E-state index in [2.05, 4.69) is 5.32 Å². The number of aliphatic carboxylic acids is 1. The van der Waals surface area contributed by atoms with E-state index in [1.165, 1.54) is 7.11 Å². The van der Waals surface area contributed by atoms with Crippen molar-refractivity contribution in [3.8, 4) is 5.75 Å². The Morgan fingerprint density at radius 2 is 1.75 bits per heavy atom. The summed E-state index contributed by atoms with van der Waals surface area (Å²) in [5.74, 6) is -1.50. The molecule has 170 valence electrons. The number of hydrogen-bond acceptors (Lipinski definition) is 4. The maximum Gasteiger partial charge on any atom is 0.310 e. The van der Waals surface area contributed by atoms with E-state index in [1.54, 1.807) is 48.0 Å². The number of hydrogen-bond donors (Lipinski definition) is 3. The van der Waals surface area contributed by atoms with Crippen LogP contribution in [0.1, 0.15) is 46.9 Å². The number of carbonyl (C=O) groups is 2. The summed E-state index contributed by atoms with van der Waals surface area (Å²) in [6.07, 6.45) is 0.466. The van der Waals surface area contributed by atoms with Crippen molar-refractivity contribution in [3.05, 3.63) is 63.3 Å². The molecule has 9 heteroatoms. The molecule has 1 amide bonds. The number of methoxy groups -OCH3 is 1. The third kappa shape index (κ3) is 4.41. The van der Waals surface area contributed by atoms with Crippen molar-refractivity contribution >= 4 is 46.0 Å². The van der Waals surface area contributed by atoms with Crippen molar-refractivity contribution < 1.29 is 24.5 Å². The van der Waals surface area contributed by atoms with Gasteiger partial charge in [-0.1, -0.05) is 54.4 Å². The normalized spacial score (nSPS) is 13.1. The Balaban J connectivity index is 1.88. The van der Waals surface area contributed by atoms with Crippen molar-refractivity contribution in [2.75, 3.05) is 13.7 Å². The van der Waals surface area contributed by atoms with Crippen LogP contribution in [0.4, 0.5) is 0 Å². The van der Waals surface area contributed by atoms with Crippen LogP contribution in [0.2, 0.25) is 10.0 Å². The van der Waals surface area contributed by atoms with E-state index in [-0.39, 0.29) is 16.7 Å². The standard InChI is InChI=1S/C23H24Cl2N2O5/c1-4-14(23(30)31)12-5-7-13(8-6-12)16(11-28)26-22(29)18-9-15-17(27(18)2)10-19(32-3)21(25)20(15)24/h5-10,14,16,28H,4,11H2,1-3H3,(H,26,29)(H,30,31)/t14?,16-/m1/s1. The van der Waals surface area contributed by atoms with E-state index in [4.69, 9.17) is 27.9 Å². The summed E-state index contributed by atoms with van der Waals surface area (Å²) in [5, 5.41) is 23.2. The molecule has 2 aromatic carbocycles. The molecule has 32 heavy (non-hydrogen) atoms. The molecule has 3 rings (SSSR count). The van der Waals surface area contributed by atoms with Gasteiger partial charge in [0.1, 0.15) is 16.5 Å². The van der Waals surface area contributed by atoms with Crippen LogP contribution in [0.5, 0.6) is 5.75 Å². The Hall–Kier alpha value is -2.74. The van der Waals surface area contributed by atoms with Crippen LogP contribution < -0.4 is 10.1 Å². The van der Waals surface area contributed by atoms with Gasteiger partial charge in [0, 0.05) is 18.5 Å². The second-order valence-corrected chi connectivity index (χ2v) is 8.16. The molecule has 3 aromatic rings. The largest absolute Gasteiger partial charge is 0.495 e. The van der Waals surface area contributed by atoms with Crippen molar-refractivity contribution in [2.24, 2.45) is 7.05 Å². The molecule has 0 aliphatic carbocycles. The van der Waals surface area contributed by atoms with Crippen LogP contribution in [-0.2, 0) is 11.8 Å². The number of rotatable bonds is 8. The molecule has 1 heterocycles. The second-order valence-electron chi connectivity index (χ2n) is 7.40. The van der Waals surface area contributed by atoms with Crippen molar-refractivity contribution in [1.82, 2.24) is 9.88 Å². The van der Waals surface area contributed by atoms with Gasteiger partial charge >= 0.3 is 5.97 Å². The van der Waals surface area contributed by atoms with Gasteiger partial charge in [0.15, 0.2) is 0 Å². The van der Waals surface area contributed by atoms with Crippen LogP contribution in [0, 0.1) is 0 Å². The molecule has 2 atom stereocenters. The minimum atomic E-state index is -0.890. The number of aliphatic hydroxyl groups excluding tert-OH is 1. The van der Waals surface area contributed by atoms with Crippen molar-refractivity contribution in [1.29, 1.82) is 0 Å². The fourth-order valence-electron chi connectivity index (χ4n) is 3.73. The maximum absolute atomic E-state index is 13.0. The Bertz CT molecular complexity index is 1160. The topological polar surface area (TPSA) is 101 Å². The number of carboxylic acid groups (broad SMARTS) is 1. The first kappa shape index (κ1) is 23.9. The molecule has 0 saturated heterocycles. The fraction of sp³-hybridized carbons (Fsp3) is 0.304. The number of aryl methyl sites for hydroxylation is 1. The molecular formula is C23H24Cl2N2O5. The van der Waals surface area contributed by atoms with Gasteiger partial charge in [-0.25, -0.2) is 0 Å². The first-order valence-corrected chi connectivity index (χ1v) is 10.7. The Kier molecular flexibility index (Phi) is 7.33. The van der Waals surface area contributed by atoms with Crippen LogP contribution in [0.25, 0.3) is 10.9 Å². The lowest BCUT2D eigenvalue weighted by molar-refractivity contribution is -0.138. The highest BCUT2D eigenvalue weighted by Crippen LogP contribution is 2.39. The van der Waals surface area contributed by atoms with Gasteiger partial charge in [-0.15, -0.1) is 0 Å². The SMILES string of the molecule is CCC(C(=O)O)c1ccc([C@@H](CO)NC(=O)c2cc3c(Cl)c(Cl)c(OC)cc3n2C)cc1. The van der Waals surface area contributed by atoms with Gasteiger partial charge in [0.25, 0.3) is 5.91 Å². The number of halogens is 2. The number of aromatic nitrogens is 1. The summed E-state index contributed by atoms with van der Waals surface area (Å²) in [6, 6.07) is 9.50. The third-order valence-corrected chi connectivity index (χ3v) is 6.45. The molecule has 0 spiro atoms. The van der Waals surface area contributed by atoms with Crippen LogP contribution in [0.15, 0.2) is 36.4 Å². The van der Waals surface area contributed by atoms with E-state index in [9.17, 15) is 19.8 Å². The van der Waals surface area contributed by atoms with Crippen molar-refractivity contribution in [3.63, 3.8) is 0 Å². The zero-order valence-electron chi connectivity index (χ0n) is 17.9. The fourth-order valence-corrected chi connectivity index (χ4v) is 4.21. The summed E-state index contributed by atoms with van der Waals surface area (Å²) in [5.41, 5.74) is 2.33. The summed E-state index contributed by atoms with van der Waals surface area (Å²) in [4.78, 5) is 24.4. The quantitative estimate of drug-likeness (QED) is 0.441. The first-order chi connectivity index (χ1) is 15.2. The summed E-state index contributed by atoms with van der Waals surface area (Å²) in [7, 11) is 3.21. The summed E-state index contributed by atoms with van der Waals surface area (Å²) < 4.78 is 6.92. The Labute approximate surface area is 195 Å². The Morgan fingerprint density at radius 1 is 1.12 bits per heavy atom. The molecule has 0 radical (unpaired) electrons. The molecule has 0 aliphatic rings. The van der Waals surface area contributed by atoms with Gasteiger partial charge in [0.05, 0.1) is 36.2 Å². The van der Waals surface area contributed by atoms with E-state index in [0.717, 1.165) is 0 Å². The lowest BCUT2D eigenvalue weighted by Crippen LogP contribution is -2.32. The van der Waals surface area contributed by atoms with Gasteiger partial charge in [-0.3, -0.25) is 9.59 Å². The van der Waals surface area contributed by atoms with Gasteiger partial charge in [-0.05, 0) is 23.6 Å². The number of carbonyl (C=O) groups excluding carboxylic acids is 1. The molecule has 0 aliphatic heterocycles. The first-order valence-electron chi connectivity index (χ1n) is 9.99. The number of aliphatic hydroxyl groups is 1. The molecule has 7 nitrogen and oxygen atoms in total. The number of fused-ring (bicyclic) bond motifs is 1. The van der Waals surface area contributed by atoms with Crippen molar-refractivity contribution in [2.45, 2.75) is 25.3 Å². The van der Waals surface area contributed by atoms with E-state index >= 15 is 0 Å². The predicted octanol–water partition coefficient (Wildman–Crippen LogP) is 4.54. The summed E-state index contributed by atoms with van der Waals surface area (Å²) >= 11 is 12.6. The monoisotopic (exact) mass is 478 g/mol. The lowest BCUT2D eigenvalue weighted by atomic mass is 9.94. The predicted molar refractivity (Wildman–Crippen MR) is 124 cm³/mol.